The molecule has 4 rings (SSSR count). The Morgan fingerprint density at radius 3 is 2.12 bits per heavy atom. The summed E-state index contributed by atoms with van der Waals surface area (Å²) in [6.45, 7) is -0.671. The first-order valence-electron chi connectivity index (χ1n) is 9.32. The Morgan fingerprint density at radius 1 is 0.882 bits per heavy atom. The van der Waals surface area contributed by atoms with Gasteiger partial charge in [-0.15, -0.1) is 0 Å². The van der Waals surface area contributed by atoms with E-state index in [0.717, 1.165) is 24.3 Å². The van der Waals surface area contributed by atoms with Crippen molar-refractivity contribution >= 4 is 16.9 Å². The van der Waals surface area contributed by atoms with Crippen LogP contribution in [0.2, 0.25) is 0 Å². The number of ether oxygens (including phenoxy) is 1. The van der Waals surface area contributed by atoms with Gasteiger partial charge in [0.05, 0.1) is 6.61 Å². The summed E-state index contributed by atoms with van der Waals surface area (Å²) in [4.78, 5) is 22.7. The highest BCUT2D eigenvalue weighted by Crippen LogP contribution is 2.37. The number of cyclic esters (lactones) is 1. The van der Waals surface area contributed by atoms with Gasteiger partial charge in [0.15, 0.2) is 29.1 Å². The van der Waals surface area contributed by atoms with Crippen molar-refractivity contribution in [3.8, 4) is 40.1 Å². The molecular weight excluding hydrogens is 460 g/mol. The van der Waals surface area contributed by atoms with E-state index in [1.165, 1.54) is 6.07 Å². The summed E-state index contributed by atoms with van der Waals surface area (Å²) in [6, 6.07) is 5.64. The molecule has 2 aromatic carbocycles. The molecule has 2 heterocycles. The molecule has 1 aliphatic rings. The molecule has 13 nitrogen and oxygen atoms in total. The number of benzene rings is 2. The Hall–Kier alpha value is -4.62. The molecule has 1 aromatic heterocycles. The van der Waals surface area contributed by atoms with Gasteiger partial charge in [0.2, 0.25) is 16.9 Å². The molecule has 0 amide bonds. The molecule has 9 N–H and O–H groups in total. The molecule has 2 atom stereocenters. The quantitative estimate of drug-likeness (QED) is 0.185. The number of aliphatic hydroxyl groups excluding tert-OH is 4. The predicted molar refractivity (Wildman–Crippen MR) is 112 cm³/mol. The van der Waals surface area contributed by atoms with Crippen molar-refractivity contribution in [1.29, 1.82) is 0 Å². The van der Waals surface area contributed by atoms with Gasteiger partial charge < -0.3 is 55.1 Å². The predicted octanol–water partition coefficient (Wildman–Crippen LogP) is 0.581. The van der Waals surface area contributed by atoms with Crippen molar-refractivity contribution < 1.29 is 59.9 Å². The molecule has 0 saturated carbocycles. The monoisotopic (exact) mass is 478 g/mol. The summed E-state index contributed by atoms with van der Waals surface area (Å²) < 4.78 is 9.67. The van der Waals surface area contributed by atoms with Crippen molar-refractivity contribution in [3.05, 3.63) is 52.1 Å². The van der Waals surface area contributed by atoms with Crippen molar-refractivity contribution in [3.63, 3.8) is 0 Å². The Kier molecular flexibility index (Phi) is 6.42. The second-order valence-electron chi connectivity index (χ2n) is 6.96. The number of fused-ring (bicyclic) bond motifs is 1. The van der Waals surface area contributed by atoms with E-state index in [4.69, 9.17) is 24.8 Å². The zero-order valence-corrected chi connectivity index (χ0v) is 16.9. The van der Waals surface area contributed by atoms with Crippen LogP contribution >= 0.6 is 0 Å². The molecule has 3 aromatic rings. The normalized spacial score (nSPS) is 16.2. The smallest absolute Gasteiger partial charge is 0.377 e. The standard InChI is InChI=1S/C15H10O7.C6H8O6/c16-7-4-10(19)12-11(5-7)22-15(14(21)13(12)20)6-1-2-8(17)9(18)3-6;7-1-2(8)5-3(9)4(10)6(11)12-5/h1-5,16-19,21H;2,5,7-10H,1H2/t;2-,5+/m.0/s1. The third-order valence-electron chi connectivity index (χ3n) is 4.65. The van der Waals surface area contributed by atoms with Crippen LogP contribution in [0.5, 0.6) is 28.7 Å². The third-order valence-corrected chi connectivity index (χ3v) is 4.65. The van der Waals surface area contributed by atoms with Crippen LogP contribution in [0.25, 0.3) is 22.3 Å². The van der Waals surface area contributed by atoms with Crippen LogP contribution in [0.4, 0.5) is 0 Å². The lowest BCUT2D eigenvalue weighted by Gasteiger charge is -2.13. The largest absolute Gasteiger partial charge is 0.508 e. The fourth-order valence-electron chi connectivity index (χ4n) is 2.96. The van der Waals surface area contributed by atoms with E-state index >= 15 is 0 Å². The van der Waals surface area contributed by atoms with E-state index in [9.17, 15) is 35.1 Å². The highest BCUT2D eigenvalue weighted by molar-refractivity contribution is 5.89. The average molecular weight is 478 g/mol. The van der Waals surface area contributed by atoms with Crippen LogP contribution in [0.1, 0.15) is 0 Å². The Bertz CT molecular complexity index is 1360. The fraction of sp³-hybridized carbons (Fsp3) is 0.143. The molecule has 0 fully saturated rings. The van der Waals surface area contributed by atoms with Crippen LogP contribution in [0.15, 0.2) is 51.1 Å². The van der Waals surface area contributed by atoms with Gasteiger partial charge >= 0.3 is 5.97 Å². The first kappa shape index (κ1) is 24.0. The molecule has 0 bridgehead atoms. The summed E-state index contributed by atoms with van der Waals surface area (Å²) in [6.07, 6.45) is -2.78. The summed E-state index contributed by atoms with van der Waals surface area (Å²) in [5.74, 6) is -5.49. The maximum Gasteiger partial charge on any atom is 0.377 e. The van der Waals surface area contributed by atoms with E-state index in [0.29, 0.717) is 0 Å². The molecule has 34 heavy (non-hydrogen) atoms. The van der Waals surface area contributed by atoms with E-state index in [1.807, 2.05) is 0 Å². The van der Waals surface area contributed by atoms with Gasteiger partial charge in [0.1, 0.15) is 28.6 Å². The number of carbonyl (C=O) groups excluding carboxylic acids is 1. The third kappa shape index (κ3) is 4.32. The second kappa shape index (κ2) is 9.09. The maximum atomic E-state index is 12.1. The molecule has 0 unspecified atom stereocenters. The topological polar surface area (TPSA) is 239 Å². The lowest BCUT2D eigenvalue weighted by molar-refractivity contribution is -0.147. The highest BCUT2D eigenvalue weighted by Gasteiger charge is 2.38. The first-order chi connectivity index (χ1) is 16.0. The molecule has 0 radical (unpaired) electrons. The SMILES string of the molecule is O=C1O[C@H]([C@@H](O)CO)C(O)=C1O.O=c1c(O)c(-c2ccc(O)c(O)c2)oc2cc(O)cc(O)c12. The number of carbonyl (C=O) groups is 1. The van der Waals surface area contributed by atoms with Gasteiger partial charge in [0.25, 0.3) is 0 Å². The van der Waals surface area contributed by atoms with Gasteiger partial charge in [-0.2, -0.15) is 0 Å². The van der Waals surface area contributed by atoms with E-state index in [1.54, 1.807) is 0 Å². The van der Waals surface area contributed by atoms with Crippen molar-refractivity contribution in [2.24, 2.45) is 0 Å². The van der Waals surface area contributed by atoms with Gasteiger partial charge in [-0.25, -0.2) is 4.79 Å². The maximum absolute atomic E-state index is 12.1. The van der Waals surface area contributed by atoms with Crippen LogP contribution in [0, 0.1) is 0 Å². The minimum atomic E-state index is -1.42. The molecule has 13 heteroatoms. The number of hydrogen-bond donors (Lipinski definition) is 9. The number of aliphatic hydroxyl groups is 4. The number of hydrogen-bond acceptors (Lipinski definition) is 13. The van der Waals surface area contributed by atoms with Crippen molar-refractivity contribution in [2.75, 3.05) is 6.61 Å². The number of rotatable bonds is 3. The van der Waals surface area contributed by atoms with Crippen LogP contribution in [0.3, 0.4) is 0 Å². The second-order valence-corrected chi connectivity index (χ2v) is 6.96. The lowest BCUT2D eigenvalue weighted by Crippen LogP contribution is -2.31. The Morgan fingerprint density at radius 2 is 1.56 bits per heavy atom. The zero-order valence-electron chi connectivity index (χ0n) is 16.9. The highest BCUT2D eigenvalue weighted by atomic mass is 16.6. The van der Waals surface area contributed by atoms with E-state index < -0.39 is 59.0 Å². The van der Waals surface area contributed by atoms with Gasteiger partial charge in [-0.1, -0.05) is 0 Å². The summed E-state index contributed by atoms with van der Waals surface area (Å²) in [5, 5.41) is 82.7. The molecule has 180 valence electrons. The molecular formula is C21H18O13. The number of phenols is 4. The Labute approximate surface area is 188 Å². The number of esters is 1. The molecule has 0 aliphatic carbocycles. The fourth-order valence-corrected chi connectivity index (χ4v) is 2.96. The molecule has 0 spiro atoms. The summed E-state index contributed by atoms with van der Waals surface area (Å²) in [7, 11) is 0. The number of phenolic OH excluding ortho intramolecular Hbond substituents is 4. The van der Waals surface area contributed by atoms with Gasteiger partial charge in [-0.05, 0) is 18.2 Å². The zero-order chi connectivity index (χ0) is 25.3. The van der Waals surface area contributed by atoms with E-state index in [2.05, 4.69) is 4.74 Å². The molecule has 1 aliphatic heterocycles. The van der Waals surface area contributed by atoms with Gasteiger partial charge in [-0.3, -0.25) is 4.79 Å². The average Bonchev–Trinajstić information content (AvgIpc) is 3.05. The van der Waals surface area contributed by atoms with Crippen LogP contribution < -0.4 is 5.43 Å². The van der Waals surface area contributed by atoms with Crippen molar-refractivity contribution in [1.82, 2.24) is 0 Å². The van der Waals surface area contributed by atoms with Crippen LogP contribution in [-0.2, 0) is 9.53 Å². The first-order valence-corrected chi connectivity index (χ1v) is 9.32. The minimum absolute atomic E-state index is 0.134. The van der Waals surface area contributed by atoms with Crippen molar-refractivity contribution in [2.45, 2.75) is 12.2 Å². The molecule has 0 saturated heterocycles. The minimum Gasteiger partial charge on any atom is -0.508 e. The van der Waals surface area contributed by atoms with E-state index in [-0.39, 0.29) is 33.8 Å². The summed E-state index contributed by atoms with van der Waals surface area (Å²) in [5.41, 5.74) is -0.890. The van der Waals surface area contributed by atoms with Gasteiger partial charge in [0, 0.05) is 17.7 Å². The Balaban J connectivity index is 0.000000229. The van der Waals surface area contributed by atoms with Crippen LogP contribution in [-0.4, -0.2) is 70.7 Å². The lowest BCUT2D eigenvalue weighted by atomic mass is 10.1. The summed E-state index contributed by atoms with van der Waals surface area (Å²) >= 11 is 0. The number of aromatic hydroxyl groups is 5.